The normalized spacial score (nSPS) is 23.1. The molecule has 1 heterocycles. The van der Waals surface area contributed by atoms with Crippen LogP contribution in [0.2, 0.25) is 0 Å². The first-order valence-electron chi connectivity index (χ1n) is 5.35. The highest BCUT2D eigenvalue weighted by Gasteiger charge is 2.12. The van der Waals surface area contributed by atoms with Gasteiger partial charge in [-0.25, -0.2) is 0 Å². The van der Waals surface area contributed by atoms with Gasteiger partial charge < -0.3 is 5.32 Å². The highest BCUT2D eigenvalue weighted by Crippen LogP contribution is 2.24. The Kier molecular flexibility index (Phi) is 3.60. The Morgan fingerprint density at radius 2 is 2.14 bits per heavy atom. The Morgan fingerprint density at radius 3 is 3.00 bits per heavy atom. The molecule has 1 aromatic carbocycles. The van der Waals surface area contributed by atoms with Crippen LogP contribution in [0.3, 0.4) is 0 Å². The van der Waals surface area contributed by atoms with Crippen molar-refractivity contribution in [3.05, 3.63) is 34.3 Å². The second-order valence-electron chi connectivity index (χ2n) is 3.91. The molecule has 1 atom stereocenters. The zero-order valence-corrected chi connectivity index (χ0v) is 9.89. The Morgan fingerprint density at radius 1 is 1.21 bits per heavy atom. The summed E-state index contributed by atoms with van der Waals surface area (Å²) in [5, 5.41) is 3.60. The fraction of sp³-hybridized carbons (Fsp3) is 0.500. The van der Waals surface area contributed by atoms with E-state index in [1.54, 1.807) is 0 Å². The average Bonchev–Trinajstić information content (AvgIpc) is 2.45. The summed E-state index contributed by atoms with van der Waals surface area (Å²) in [6.07, 6.45) is 5.32. The lowest BCUT2D eigenvalue weighted by Crippen LogP contribution is -2.20. The van der Waals surface area contributed by atoms with Crippen molar-refractivity contribution < 1.29 is 0 Å². The van der Waals surface area contributed by atoms with Crippen LogP contribution in [0.4, 0.5) is 0 Å². The van der Waals surface area contributed by atoms with Gasteiger partial charge in [-0.2, -0.15) is 0 Å². The van der Waals surface area contributed by atoms with Crippen LogP contribution in [0.15, 0.2) is 28.7 Å². The lowest BCUT2D eigenvalue weighted by molar-refractivity contribution is 0.534. The molecule has 14 heavy (non-hydrogen) atoms. The number of nitrogens with one attached hydrogen (secondary N) is 1. The quantitative estimate of drug-likeness (QED) is 0.806. The van der Waals surface area contributed by atoms with E-state index in [1.807, 2.05) is 0 Å². The first-order valence-corrected chi connectivity index (χ1v) is 6.14. The van der Waals surface area contributed by atoms with Gasteiger partial charge in [0, 0.05) is 10.5 Å². The number of rotatable bonds is 1. The molecule has 0 aromatic heterocycles. The Bertz CT molecular complexity index is 290. The summed E-state index contributed by atoms with van der Waals surface area (Å²) in [4.78, 5) is 0. The van der Waals surface area contributed by atoms with E-state index in [1.165, 1.54) is 35.7 Å². The molecular formula is C12H16BrN. The molecule has 1 aliphatic heterocycles. The SMILES string of the molecule is Brc1cccc(C2CCCCCN2)c1. The van der Waals surface area contributed by atoms with Gasteiger partial charge in [-0.1, -0.05) is 40.9 Å². The number of hydrogen-bond acceptors (Lipinski definition) is 1. The third kappa shape index (κ3) is 2.58. The smallest absolute Gasteiger partial charge is 0.0320 e. The highest BCUT2D eigenvalue weighted by molar-refractivity contribution is 9.10. The van der Waals surface area contributed by atoms with Crippen LogP contribution < -0.4 is 5.32 Å². The summed E-state index contributed by atoms with van der Waals surface area (Å²) in [5.74, 6) is 0. The van der Waals surface area contributed by atoms with E-state index in [9.17, 15) is 0 Å². The molecule has 2 rings (SSSR count). The third-order valence-corrected chi connectivity index (χ3v) is 3.30. The van der Waals surface area contributed by atoms with Gasteiger partial charge in [-0.15, -0.1) is 0 Å². The number of benzene rings is 1. The Hall–Kier alpha value is -0.340. The van der Waals surface area contributed by atoms with E-state index in [2.05, 4.69) is 45.5 Å². The predicted molar refractivity (Wildman–Crippen MR) is 63.4 cm³/mol. The molecular weight excluding hydrogens is 238 g/mol. The van der Waals surface area contributed by atoms with Gasteiger partial charge in [0.15, 0.2) is 0 Å². The summed E-state index contributed by atoms with van der Waals surface area (Å²) in [5.41, 5.74) is 1.42. The summed E-state index contributed by atoms with van der Waals surface area (Å²) in [7, 11) is 0. The minimum absolute atomic E-state index is 0.565. The lowest BCUT2D eigenvalue weighted by atomic mass is 10.0. The largest absolute Gasteiger partial charge is 0.310 e. The molecule has 1 aromatic rings. The van der Waals surface area contributed by atoms with E-state index < -0.39 is 0 Å². The third-order valence-electron chi connectivity index (χ3n) is 2.81. The topological polar surface area (TPSA) is 12.0 Å². The maximum atomic E-state index is 3.60. The van der Waals surface area contributed by atoms with Crippen molar-refractivity contribution in [2.75, 3.05) is 6.54 Å². The number of halogens is 1. The van der Waals surface area contributed by atoms with E-state index in [0.29, 0.717) is 6.04 Å². The van der Waals surface area contributed by atoms with Crippen molar-refractivity contribution in [1.29, 1.82) is 0 Å². The van der Waals surface area contributed by atoms with E-state index in [4.69, 9.17) is 0 Å². The molecule has 1 unspecified atom stereocenters. The monoisotopic (exact) mass is 253 g/mol. The number of hydrogen-bond donors (Lipinski definition) is 1. The van der Waals surface area contributed by atoms with Crippen LogP contribution in [0.1, 0.15) is 37.3 Å². The van der Waals surface area contributed by atoms with Crippen LogP contribution in [-0.4, -0.2) is 6.54 Å². The predicted octanol–water partition coefficient (Wildman–Crippen LogP) is 3.65. The molecule has 1 aliphatic rings. The maximum Gasteiger partial charge on any atom is 0.0320 e. The van der Waals surface area contributed by atoms with Crippen molar-refractivity contribution in [3.8, 4) is 0 Å². The lowest BCUT2D eigenvalue weighted by Gasteiger charge is -2.16. The van der Waals surface area contributed by atoms with Gasteiger partial charge in [0.25, 0.3) is 0 Å². The highest BCUT2D eigenvalue weighted by atomic mass is 79.9. The minimum atomic E-state index is 0.565. The second kappa shape index (κ2) is 4.94. The van der Waals surface area contributed by atoms with Crippen molar-refractivity contribution in [1.82, 2.24) is 5.32 Å². The van der Waals surface area contributed by atoms with Crippen LogP contribution in [0, 0.1) is 0 Å². The molecule has 2 heteroatoms. The fourth-order valence-corrected chi connectivity index (χ4v) is 2.45. The van der Waals surface area contributed by atoms with Gasteiger partial charge in [0.05, 0.1) is 0 Å². The van der Waals surface area contributed by atoms with E-state index in [0.717, 1.165) is 6.54 Å². The van der Waals surface area contributed by atoms with Crippen molar-refractivity contribution in [2.45, 2.75) is 31.7 Å². The standard InChI is InChI=1S/C12H16BrN/c13-11-6-4-5-10(9-11)12-7-2-1-3-8-14-12/h4-6,9,12,14H,1-3,7-8H2. The first kappa shape index (κ1) is 10.2. The maximum absolute atomic E-state index is 3.60. The van der Waals surface area contributed by atoms with Gasteiger partial charge in [0.2, 0.25) is 0 Å². The first-order chi connectivity index (χ1) is 6.86. The average molecular weight is 254 g/mol. The van der Waals surface area contributed by atoms with Gasteiger partial charge in [-0.3, -0.25) is 0 Å². The minimum Gasteiger partial charge on any atom is -0.310 e. The van der Waals surface area contributed by atoms with Crippen LogP contribution in [-0.2, 0) is 0 Å². The molecule has 1 N–H and O–H groups in total. The molecule has 1 fully saturated rings. The molecule has 0 amide bonds. The molecule has 1 nitrogen and oxygen atoms in total. The summed E-state index contributed by atoms with van der Waals surface area (Å²) < 4.78 is 1.18. The molecule has 0 saturated carbocycles. The summed E-state index contributed by atoms with van der Waals surface area (Å²) >= 11 is 3.52. The van der Waals surface area contributed by atoms with Gasteiger partial charge in [-0.05, 0) is 37.1 Å². The molecule has 0 spiro atoms. The van der Waals surface area contributed by atoms with Crippen molar-refractivity contribution in [2.24, 2.45) is 0 Å². The molecule has 1 saturated heterocycles. The molecule has 0 radical (unpaired) electrons. The van der Waals surface area contributed by atoms with Gasteiger partial charge in [0.1, 0.15) is 0 Å². The van der Waals surface area contributed by atoms with Crippen LogP contribution in [0.25, 0.3) is 0 Å². The van der Waals surface area contributed by atoms with Crippen molar-refractivity contribution >= 4 is 15.9 Å². The summed E-state index contributed by atoms with van der Waals surface area (Å²) in [6, 6.07) is 9.21. The van der Waals surface area contributed by atoms with Crippen LogP contribution in [0.5, 0.6) is 0 Å². The molecule has 76 valence electrons. The molecule has 0 aliphatic carbocycles. The molecule has 0 bridgehead atoms. The Balaban J connectivity index is 2.12. The fourth-order valence-electron chi connectivity index (χ4n) is 2.04. The van der Waals surface area contributed by atoms with Crippen LogP contribution >= 0.6 is 15.9 Å². The summed E-state index contributed by atoms with van der Waals surface area (Å²) in [6.45, 7) is 1.16. The van der Waals surface area contributed by atoms with Gasteiger partial charge >= 0.3 is 0 Å². The van der Waals surface area contributed by atoms with E-state index >= 15 is 0 Å². The zero-order chi connectivity index (χ0) is 9.80. The van der Waals surface area contributed by atoms with Crippen molar-refractivity contribution in [3.63, 3.8) is 0 Å². The Labute approximate surface area is 94.0 Å². The van der Waals surface area contributed by atoms with E-state index in [-0.39, 0.29) is 0 Å². The second-order valence-corrected chi connectivity index (χ2v) is 4.83. The zero-order valence-electron chi connectivity index (χ0n) is 8.30.